The first-order chi connectivity index (χ1) is 14.6. The Labute approximate surface area is 177 Å². The molecule has 30 heavy (non-hydrogen) atoms. The Morgan fingerprint density at radius 2 is 1.47 bits per heavy atom. The molecule has 2 heteroatoms. The van der Waals surface area contributed by atoms with Crippen LogP contribution in [0, 0.1) is 6.92 Å². The topological polar surface area (TPSA) is 4.93 Å². The minimum Gasteiger partial charge on any atom is -0.310 e. The quantitative estimate of drug-likeness (QED) is 0.339. The molecule has 1 nitrogen and oxygen atoms in total. The van der Waals surface area contributed by atoms with Crippen LogP contribution in [0.4, 0.5) is 0 Å². The summed E-state index contributed by atoms with van der Waals surface area (Å²) < 4.78 is 2.53. The van der Waals surface area contributed by atoms with E-state index in [-0.39, 0.29) is 5.41 Å². The van der Waals surface area contributed by atoms with Crippen molar-refractivity contribution in [2.75, 3.05) is 0 Å². The van der Waals surface area contributed by atoms with Gasteiger partial charge >= 0.3 is 0 Å². The Balaban J connectivity index is 1.82. The Morgan fingerprint density at radius 3 is 2.33 bits per heavy atom. The van der Waals surface area contributed by atoms with Crippen LogP contribution < -0.4 is 16.4 Å². The second-order valence-corrected chi connectivity index (χ2v) is 9.43. The van der Waals surface area contributed by atoms with Crippen molar-refractivity contribution in [3.8, 4) is 5.69 Å². The zero-order valence-corrected chi connectivity index (χ0v) is 17.5. The number of benzene rings is 4. The summed E-state index contributed by atoms with van der Waals surface area (Å²) >= 11 is 0. The smallest absolute Gasteiger partial charge is 0.247 e. The summed E-state index contributed by atoms with van der Waals surface area (Å²) in [6, 6.07) is 29.4. The molecule has 0 saturated heterocycles. The van der Waals surface area contributed by atoms with E-state index in [1.807, 2.05) is 0 Å². The average Bonchev–Trinajstić information content (AvgIpc) is 3.09. The van der Waals surface area contributed by atoms with Crippen molar-refractivity contribution in [3.63, 3.8) is 0 Å². The van der Waals surface area contributed by atoms with Gasteiger partial charge in [-0.25, -0.2) is 0 Å². The van der Waals surface area contributed by atoms with E-state index in [4.69, 9.17) is 0 Å². The molecule has 0 N–H and O–H groups in total. The molecular weight excluding hydrogens is 361 g/mol. The van der Waals surface area contributed by atoms with Crippen molar-refractivity contribution >= 4 is 44.9 Å². The maximum atomic E-state index is 2.53. The van der Waals surface area contributed by atoms with Gasteiger partial charge in [0.2, 0.25) is 6.71 Å². The van der Waals surface area contributed by atoms with Crippen LogP contribution in [0.25, 0.3) is 27.5 Å². The minimum atomic E-state index is -0.0196. The fourth-order valence-corrected chi connectivity index (χ4v) is 6.52. The maximum Gasteiger partial charge on any atom is 0.247 e. The second-order valence-electron chi connectivity index (χ2n) is 9.43. The molecule has 1 aromatic heterocycles. The number of hydrogen-bond donors (Lipinski definition) is 0. The lowest BCUT2D eigenvalue weighted by molar-refractivity contribution is 0.641. The predicted molar refractivity (Wildman–Crippen MR) is 129 cm³/mol. The van der Waals surface area contributed by atoms with Crippen LogP contribution in [0.3, 0.4) is 0 Å². The number of rotatable bonds is 0. The van der Waals surface area contributed by atoms with E-state index in [2.05, 4.69) is 104 Å². The zero-order valence-electron chi connectivity index (χ0n) is 17.5. The van der Waals surface area contributed by atoms with Crippen molar-refractivity contribution in [3.05, 3.63) is 95.6 Å². The normalized spacial score (nSPS) is 15.4. The second kappa shape index (κ2) is 5.26. The maximum absolute atomic E-state index is 2.53. The molecular formula is C28H22BN. The molecule has 2 aliphatic heterocycles. The first-order valence-electron chi connectivity index (χ1n) is 10.8. The number of aryl methyl sites for hydroxylation is 1. The number of para-hydroxylation sites is 2. The lowest BCUT2D eigenvalue weighted by Gasteiger charge is -2.42. The van der Waals surface area contributed by atoms with E-state index in [1.54, 1.807) is 0 Å². The highest BCUT2D eigenvalue weighted by Crippen LogP contribution is 2.41. The Morgan fingerprint density at radius 1 is 0.767 bits per heavy atom. The highest BCUT2D eigenvalue weighted by molar-refractivity contribution is 6.99. The summed E-state index contributed by atoms with van der Waals surface area (Å²) in [5.74, 6) is 0. The number of fused-ring (bicyclic) bond motifs is 8. The zero-order chi connectivity index (χ0) is 20.2. The van der Waals surface area contributed by atoms with E-state index in [1.165, 1.54) is 60.6 Å². The highest BCUT2D eigenvalue weighted by Gasteiger charge is 2.45. The fraction of sp³-hybridized carbons (Fsp3) is 0.143. The van der Waals surface area contributed by atoms with Crippen LogP contribution in [0.1, 0.15) is 30.5 Å². The summed E-state index contributed by atoms with van der Waals surface area (Å²) in [5.41, 5.74) is 12.8. The molecule has 0 atom stereocenters. The first kappa shape index (κ1) is 16.5. The molecule has 0 amide bonds. The van der Waals surface area contributed by atoms with Gasteiger partial charge in [-0.1, -0.05) is 80.0 Å². The van der Waals surface area contributed by atoms with Gasteiger partial charge in [-0.3, -0.25) is 0 Å². The number of aromatic nitrogens is 1. The number of nitrogens with zero attached hydrogens (tertiary/aromatic N) is 1. The lowest BCUT2D eigenvalue weighted by Crippen LogP contribution is -2.63. The van der Waals surface area contributed by atoms with Crippen molar-refractivity contribution in [2.24, 2.45) is 0 Å². The summed E-state index contributed by atoms with van der Waals surface area (Å²) in [4.78, 5) is 0. The average molecular weight is 383 g/mol. The van der Waals surface area contributed by atoms with Crippen molar-refractivity contribution in [1.29, 1.82) is 0 Å². The summed E-state index contributed by atoms with van der Waals surface area (Å²) in [6.45, 7) is 7.41. The van der Waals surface area contributed by atoms with E-state index >= 15 is 0 Å². The summed E-state index contributed by atoms with van der Waals surface area (Å²) in [7, 11) is 0. The van der Waals surface area contributed by atoms with Gasteiger partial charge in [0, 0.05) is 27.4 Å². The van der Waals surface area contributed by atoms with E-state index in [0.717, 1.165) is 0 Å². The van der Waals surface area contributed by atoms with Crippen LogP contribution >= 0.6 is 0 Å². The van der Waals surface area contributed by atoms with Crippen molar-refractivity contribution in [1.82, 2.24) is 4.57 Å². The van der Waals surface area contributed by atoms with Crippen molar-refractivity contribution < 1.29 is 0 Å². The summed E-state index contributed by atoms with van der Waals surface area (Å²) in [6.07, 6.45) is 0. The third-order valence-electron chi connectivity index (χ3n) is 7.54. The molecule has 0 radical (unpaired) electrons. The Bertz CT molecular complexity index is 1540. The van der Waals surface area contributed by atoms with Crippen LogP contribution in [0.2, 0.25) is 0 Å². The van der Waals surface area contributed by atoms with Gasteiger partial charge in [0.1, 0.15) is 0 Å². The largest absolute Gasteiger partial charge is 0.310 e. The van der Waals surface area contributed by atoms with E-state index in [9.17, 15) is 0 Å². The molecule has 7 rings (SSSR count). The standard InChI is InChI=1S/C28H22BN/c1-17-16-19-18-10-4-8-14-23(18)30-24-15-9-7-13-22(24)29-21-12-6-5-11-20(21)28(2,3)25(17)26(29)27(19)30/h4-16H,1-3H3. The van der Waals surface area contributed by atoms with Crippen LogP contribution in [0.5, 0.6) is 0 Å². The van der Waals surface area contributed by atoms with E-state index < -0.39 is 0 Å². The molecule has 0 spiro atoms. The highest BCUT2D eigenvalue weighted by atomic mass is 15.0. The molecule has 5 aromatic rings. The molecule has 4 aromatic carbocycles. The third-order valence-corrected chi connectivity index (χ3v) is 7.54. The van der Waals surface area contributed by atoms with Crippen LogP contribution in [-0.4, -0.2) is 11.3 Å². The minimum absolute atomic E-state index is 0.0196. The predicted octanol–water partition coefficient (Wildman–Crippen LogP) is 4.56. The molecule has 2 aliphatic rings. The van der Waals surface area contributed by atoms with Crippen LogP contribution in [0.15, 0.2) is 78.9 Å². The molecule has 0 unspecified atom stereocenters. The van der Waals surface area contributed by atoms with Crippen molar-refractivity contribution in [2.45, 2.75) is 26.2 Å². The van der Waals surface area contributed by atoms with Gasteiger partial charge in [0.05, 0.1) is 5.52 Å². The lowest BCUT2D eigenvalue weighted by atomic mass is 9.30. The fourth-order valence-electron chi connectivity index (χ4n) is 6.52. The molecule has 142 valence electrons. The number of hydrogen-bond acceptors (Lipinski definition) is 0. The summed E-state index contributed by atoms with van der Waals surface area (Å²) in [5, 5.41) is 2.74. The Kier molecular flexibility index (Phi) is 2.90. The first-order valence-corrected chi connectivity index (χ1v) is 10.8. The monoisotopic (exact) mass is 383 g/mol. The van der Waals surface area contributed by atoms with Gasteiger partial charge in [0.15, 0.2) is 0 Å². The molecule has 0 saturated carbocycles. The van der Waals surface area contributed by atoms with Gasteiger partial charge in [-0.15, -0.1) is 0 Å². The SMILES string of the molecule is Cc1cc2c3ccccc3n3c2c2c1C(C)(C)c1ccccc1B2c1ccccc1-3. The molecule has 0 aliphatic carbocycles. The Hall–Kier alpha value is -3.26. The van der Waals surface area contributed by atoms with Gasteiger partial charge in [-0.2, -0.15) is 0 Å². The van der Waals surface area contributed by atoms with E-state index in [0.29, 0.717) is 6.71 Å². The molecule has 0 bridgehead atoms. The van der Waals surface area contributed by atoms with Gasteiger partial charge < -0.3 is 4.57 Å². The molecule has 3 heterocycles. The third kappa shape index (κ3) is 1.73. The van der Waals surface area contributed by atoms with Gasteiger partial charge in [-0.05, 0) is 52.7 Å². The van der Waals surface area contributed by atoms with Gasteiger partial charge in [0.25, 0.3) is 0 Å². The molecule has 0 fully saturated rings. The van der Waals surface area contributed by atoms with Crippen LogP contribution in [-0.2, 0) is 5.41 Å².